The van der Waals surface area contributed by atoms with Crippen LogP contribution in [-0.4, -0.2) is 27.6 Å². The number of hydrogen-bond acceptors (Lipinski definition) is 5. The fraction of sp³-hybridized carbons (Fsp3) is 0. The number of phenolic OH excluding ortho intramolecular Hbond substituents is 2. The molecule has 2 N–H and O–H groups in total. The van der Waals surface area contributed by atoms with Crippen molar-refractivity contribution in [2.24, 2.45) is 0 Å². The summed E-state index contributed by atoms with van der Waals surface area (Å²) in [6, 6.07) is 25.5. The van der Waals surface area contributed by atoms with Crippen molar-refractivity contribution in [3.8, 4) is 11.5 Å². The smallest absolute Gasteiger partial charge is 0.200 e. The van der Waals surface area contributed by atoms with Crippen molar-refractivity contribution in [2.45, 2.75) is 0 Å². The minimum absolute atomic E-state index is 0.195. The van der Waals surface area contributed by atoms with E-state index in [1.165, 1.54) is 12.1 Å². The van der Waals surface area contributed by atoms with Gasteiger partial charge in [-0.3, -0.25) is 14.4 Å². The Morgan fingerprint density at radius 1 is 0.469 bits per heavy atom. The Morgan fingerprint density at radius 3 is 1.12 bits per heavy atom. The van der Waals surface area contributed by atoms with Crippen LogP contribution in [0, 0.1) is 0 Å². The van der Waals surface area contributed by atoms with Crippen LogP contribution < -0.4 is 0 Å². The highest BCUT2D eigenvalue weighted by Gasteiger charge is 2.29. The zero-order chi connectivity index (χ0) is 22.7. The SMILES string of the molecule is O=C(c1ccccc1)c1cc(C(=O)c2ccccc2)c(O)c(C(=O)c2ccccc2)c1O. The zero-order valence-electron chi connectivity index (χ0n) is 16.9. The summed E-state index contributed by atoms with van der Waals surface area (Å²) in [5.41, 5.74) is -0.243. The molecule has 0 atom stereocenters. The van der Waals surface area contributed by atoms with Gasteiger partial charge < -0.3 is 10.2 Å². The Labute approximate surface area is 184 Å². The van der Waals surface area contributed by atoms with Crippen molar-refractivity contribution >= 4 is 17.3 Å². The van der Waals surface area contributed by atoms with Crippen LogP contribution in [0.3, 0.4) is 0 Å². The molecule has 5 heteroatoms. The third kappa shape index (κ3) is 3.79. The standard InChI is InChI=1S/C27H18O5/c28-23(17-10-4-1-5-11-17)20-16-21(24(29)18-12-6-2-7-13-18)27(32)22(26(20)31)25(30)19-14-8-3-9-15-19/h1-16,31-32H. The molecule has 0 amide bonds. The van der Waals surface area contributed by atoms with Crippen LogP contribution in [-0.2, 0) is 0 Å². The third-order valence-electron chi connectivity index (χ3n) is 5.10. The first-order chi connectivity index (χ1) is 15.5. The van der Waals surface area contributed by atoms with E-state index < -0.39 is 34.4 Å². The highest BCUT2D eigenvalue weighted by atomic mass is 16.3. The third-order valence-corrected chi connectivity index (χ3v) is 5.10. The van der Waals surface area contributed by atoms with E-state index in [9.17, 15) is 24.6 Å². The Bertz CT molecular complexity index is 1240. The molecule has 0 aliphatic rings. The van der Waals surface area contributed by atoms with Crippen molar-refractivity contribution < 1.29 is 24.6 Å². The van der Waals surface area contributed by atoms with Gasteiger partial charge in [0, 0.05) is 16.7 Å². The quantitative estimate of drug-likeness (QED) is 0.436. The summed E-state index contributed by atoms with van der Waals surface area (Å²) < 4.78 is 0. The van der Waals surface area contributed by atoms with E-state index in [2.05, 4.69) is 0 Å². The molecule has 0 unspecified atom stereocenters. The summed E-state index contributed by atoms with van der Waals surface area (Å²) >= 11 is 0. The Hall–Kier alpha value is -4.51. The number of phenols is 2. The molecule has 5 nitrogen and oxygen atoms in total. The minimum atomic E-state index is -0.703. The average molecular weight is 422 g/mol. The molecular formula is C27H18O5. The molecule has 0 aromatic heterocycles. The van der Waals surface area contributed by atoms with Gasteiger partial charge in [-0.15, -0.1) is 0 Å². The molecule has 0 saturated carbocycles. The predicted molar refractivity (Wildman–Crippen MR) is 119 cm³/mol. The number of hydrogen-bond donors (Lipinski definition) is 2. The number of carbonyl (C=O) groups is 3. The first-order valence-corrected chi connectivity index (χ1v) is 9.87. The number of rotatable bonds is 6. The van der Waals surface area contributed by atoms with E-state index in [4.69, 9.17) is 0 Å². The van der Waals surface area contributed by atoms with Gasteiger partial charge in [0.25, 0.3) is 0 Å². The molecule has 4 aromatic rings. The Kier molecular flexibility index (Phi) is 5.64. The Morgan fingerprint density at radius 2 is 0.781 bits per heavy atom. The van der Waals surface area contributed by atoms with Crippen LogP contribution in [0.25, 0.3) is 0 Å². The van der Waals surface area contributed by atoms with E-state index in [0.717, 1.165) is 6.07 Å². The minimum Gasteiger partial charge on any atom is -0.506 e. The lowest BCUT2D eigenvalue weighted by atomic mass is 9.90. The van der Waals surface area contributed by atoms with E-state index in [1.807, 2.05) is 0 Å². The number of ketones is 3. The van der Waals surface area contributed by atoms with Crippen LogP contribution in [0.4, 0.5) is 0 Å². The second-order valence-electron chi connectivity index (χ2n) is 7.13. The van der Waals surface area contributed by atoms with Gasteiger partial charge in [0.1, 0.15) is 17.1 Å². The number of carbonyl (C=O) groups excluding carboxylic acids is 3. The summed E-state index contributed by atoms with van der Waals surface area (Å²) in [5.74, 6) is -3.20. The molecule has 32 heavy (non-hydrogen) atoms. The van der Waals surface area contributed by atoms with Gasteiger partial charge in [-0.1, -0.05) is 91.0 Å². The maximum atomic E-state index is 13.2. The summed E-state index contributed by atoms with van der Waals surface area (Å²) in [6.07, 6.45) is 0. The zero-order valence-corrected chi connectivity index (χ0v) is 16.9. The van der Waals surface area contributed by atoms with Crippen LogP contribution >= 0.6 is 0 Å². The van der Waals surface area contributed by atoms with Crippen molar-refractivity contribution in [1.82, 2.24) is 0 Å². The maximum absolute atomic E-state index is 13.2. The van der Waals surface area contributed by atoms with Gasteiger partial charge in [-0.2, -0.15) is 0 Å². The normalized spacial score (nSPS) is 10.5. The van der Waals surface area contributed by atoms with Gasteiger partial charge in [-0.25, -0.2) is 0 Å². The number of aromatic hydroxyl groups is 2. The summed E-state index contributed by atoms with van der Waals surface area (Å²) in [4.78, 5) is 39.4. The first kappa shape index (κ1) is 20.8. The molecule has 0 radical (unpaired) electrons. The van der Waals surface area contributed by atoms with E-state index in [1.54, 1.807) is 78.9 Å². The lowest BCUT2D eigenvalue weighted by Crippen LogP contribution is -2.12. The molecule has 0 fully saturated rings. The first-order valence-electron chi connectivity index (χ1n) is 9.87. The molecule has 0 bridgehead atoms. The molecule has 4 aromatic carbocycles. The lowest BCUT2D eigenvalue weighted by Gasteiger charge is -2.15. The van der Waals surface area contributed by atoms with Gasteiger partial charge >= 0.3 is 0 Å². The topological polar surface area (TPSA) is 91.7 Å². The van der Waals surface area contributed by atoms with Gasteiger partial charge in [0.15, 0.2) is 11.6 Å². The highest BCUT2D eigenvalue weighted by molar-refractivity contribution is 6.21. The van der Waals surface area contributed by atoms with E-state index in [0.29, 0.717) is 0 Å². The molecule has 0 saturated heterocycles. The summed E-state index contributed by atoms with van der Waals surface area (Å²) in [7, 11) is 0. The van der Waals surface area contributed by atoms with Gasteiger partial charge in [0.05, 0.1) is 11.1 Å². The highest BCUT2D eigenvalue weighted by Crippen LogP contribution is 2.38. The van der Waals surface area contributed by atoms with E-state index >= 15 is 0 Å². The van der Waals surface area contributed by atoms with Crippen molar-refractivity contribution in [1.29, 1.82) is 0 Å². The molecule has 0 aliphatic heterocycles. The van der Waals surface area contributed by atoms with E-state index in [-0.39, 0.29) is 27.8 Å². The van der Waals surface area contributed by atoms with Gasteiger partial charge in [0.2, 0.25) is 5.78 Å². The maximum Gasteiger partial charge on any atom is 0.200 e. The fourth-order valence-electron chi connectivity index (χ4n) is 3.45. The Balaban J connectivity index is 1.95. The monoisotopic (exact) mass is 422 g/mol. The molecule has 4 rings (SSSR count). The molecule has 0 heterocycles. The lowest BCUT2D eigenvalue weighted by molar-refractivity contribution is 0.103. The number of benzene rings is 4. The molecule has 156 valence electrons. The second-order valence-corrected chi connectivity index (χ2v) is 7.13. The average Bonchev–Trinajstić information content (AvgIpc) is 2.85. The van der Waals surface area contributed by atoms with Crippen LogP contribution in [0.2, 0.25) is 0 Å². The molecule has 0 aliphatic carbocycles. The second kappa shape index (κ2) is 8.70. The molecular weight excluding hydrogens is 404 g/mol. The van der Waals surface area contributed by atoms with Crippen LogP contribution in [0.5, 0.6) is 11.5 Å². The van der Waals surface area contributed by atoms with Crippen molar-refractivity contribution in [3.05, 3.63) is 130 Å². The largest absolute Gasteiger partial charge is 0.506 e. The van der Waals surface area contributed by atoms with Crippen molar-refractivity contribution in [2.75, 3.05) is 0 Å². The van der Waals surface area contributed by atoms with Crippen LogP contribution in [0.1, 0.15) is 47.8 Å². The van der Waals surface area contributed by atoms with Gasteiger partial charge in [-0.05, 0) is 6.07 Å². The van der Waals surface area contributed by atoms with Crippen LogP contribution in [0.15, 0.2) is 97.1 Å². The fourth-order valence-corrected chi connectivity index (χ4v) is 3.45. The predicted octanol–water partition coefficient (Wildman–Crippen LogP) is 4.79. The summed E-state index contributed by atoms with van der Waals surface area (Å²) in [6.45, 7) is 0. The summed E-state index contributed by atoms with van der Waals surface area (Å²) in [5, 5.41) is 21.8. The van der Waals surface area contributed by atoms with Crippen molar-refractivity contribution in [3.63, 3.8) is 0 Å². The molecule has 0 spiro atoms.